The highest BCUT2D eigenvalue weighted by Crippen LogP contribution is 2.27. The Hall–Kier alpha value is -1.36. The van der Waals surface area contributed by atoms with Gasteiger partial charge in [0.15, 0.2) is 0 Å². The van der Waals surface area contributed by atoms with Gasteiger partial charge in [-0.05, 0) is 50.6 Å². The van der Waals surface area contributed by atoms with E-state index in [1.165, 1.54) is 12.8 Å². The van der Waals surface area contributed by atoms with Crippen LogP contribution in [-0.4, -0.2) is 30.1 Å². The number of thioether (sulfide) groups is 1. The Kier molecular flexibility index (Phi) is 5.79. The van der Waals surface area contributed by atoms with Gasteiger partial charge in [0, 0.05) is 16.9 Å². The highest BCUT2D eigenvalue weighted by Gasteiger charge is 2.23. The number of hydrogen-bond acceptors (Lipinski definition) is 4. The smallest absolute Gasteiger partial charge is 0.251 e. The minimum absolute atomic E-state index is 0.0449. The predicted octanol–water partition coefficient (Wildman–Crippen LogP) is 3.07. The Balaban J connectivity index is 1.98. The zero-order chi connectivity index (χ0) is 15.2. The van der Waals surface area contributed by atoms with Crippen LogP contribution >= 0.6 is 11.8 Å². The maximum atomic E-state index is 12.3. The maximum Gasteiger partial charge on any atom is 0.251 e. The molecule has 116 valence electrons. The Morgan fingerprint density at radius 2 is 2.29 bits per heavy atom. The fourth-order valence-corrected chi connectivity index (χ4v) is 3.56. The zero-order valence-electron chi connectivity index (χ0n) is 12.7. The SMILES string of the molecule is CCOc1ccc(C(=O)NC2CCCC(SC)C2)cc1N. The van der Waals surface area contributed by atoms with E-state index in [-0.39, 0.29) is 11.9 Å². The molecule has 0 bridgehead atoms. The van der Waals surface area contributed by atoms with Crippen LogP contribution in [0.2, 0.25) is 0 Å². The van der Waals surface area contributed by atoms with E-state index in [0.29, 0.717) is 28.9 Å². The van der Waals surface area contributed by atoms with Gasteiger partial charge in [0.05, 0.1) is 12.3 Å². The first kappa shape index (κ1) is 16.0. The van der Waals surface area contributed by atoms with Gasteiger partial charge in [0.2, 0.25) is 0 Å². The summed E-state index contributed by atoms with van der Waals surface area (Å²) in [6, 6.07) is 5.50. The zero-order valence-corrected chi connectivity index (χ0v) is 13.5. The minimum atomic E-state index is -0.0449. The lowest BCUT2D eigenvalue weighted by Crippen LogP contribution is -2.39. The van der Waals surface area contributed by atoms with Gasteiger partial charge in [0.25, 0.3) is 5.91 Å². The Bertz CT molecular complexity index is 493. The van der Waals surface area contributed by atoms with Crippen molar-refractivity contribution in [3.63, 3.8) is 0 Å². The van der Waals surface area contributed by atoms with Crippen molar-refractivity contribution in [2.24, 2.45) is 0 Å². The van der Waals surface area contributed by atoms with Crippen molar-refractivity contribution in [1.82, 2.24) is 5.32 Å². The monoisotopic (exact) mass is 308 g/mol. The van der Waals surface area contributed by atoms with Gasteiger partial charge in [-0.2, -0.15) is 11.8 Å². The molecular weight excluding hydrogens is 284 g/mol. The molecule has 1 aliphatic carbocycles. The quantitative estimate of drug-likeness (QED) is 0.821. The Morgan fingerprint density at radius 1 is 1.48 bits per heavy atom. The lowest BCUT2D eigenvalue weighted by Gasteiger charge is -2.28. The number of ether oxygens (including phenoxy) is 1. The van der Waals surface area contributed by atoms with Crippen LogP contribution in [0.25, 0.3) is 0 Å². The molecular formula is C16H24N2O2S. The van der Waals surface area contributed by atoms with Crippen LogP contribution in [0.5, 0.6) is 5.75 Å². The summed E-state index contributed by atoms with van der Waals surface area (Å²) in [6.45, 7) is 2.47. The fourth-order valence-electron chi connectivity index (χ4n) is 2.74. The maximum absolute atomic E-state index is 12.3. The molecule has 21 heavy (non-hydrogen) atoms. The number of amides is 1. The van der Waals surface area contributed by atoms with Gasteiger partial charge in [-0.1, -0.05) is 6.42 Å². The molecule has 5 heteroatoms. The highest BCUT2D eigenvalue weighted by atomic mass is 32.2. The molecule has 1 saturated carbocycles. The molecule has 1 aromatic rings. The van der Waals surface area contributed by atoms with Crippen LogP contribution in [-0.2, 0) is 0 Å². The molecule has 4 nitrogen and oxygen atoms in total. The summed E-state index contributed by atoms with van der Waals surface area (Å²) in [5, 5.41) is 3.79. The van der Waals surface area contributed by atoms with E-state index < -0.39 is 0 Å². The number of nitrogen functional groups attached to an aromatic ring is 1. The van der Waals surface area contributed by atoms with Crippen molar-refractivity contribution < 1.29 is 9.53 Å². The van der Waals surface area contributed by atoms with Crippen LogP contribution in [0, 0.1) is 0 Å². The van der Waals surface area contributed by atoms with Gasteiger partial charge in [-0.3, -0.25) is 4.79 Å². The number of carbonyl (C=O) groups excluding carboxylic acids is 1. The average Bonchev–Trinajstić information content (AvgIpc) is 2.49. The molecule has 1 fully saturated rings. The lowest BCUT2D eigenvalue weighted by molar-refractivity contribution is 0.0928. The van der Waals surface area contributed by atoms with E-state index >= 15 is 0 Å². The van der Waals surface area contributed by atoms with Crippen LogP contribution in [0.4, 0.5) is 5.69 Å². The van der Waals surface area contributed by atoms with Crippen molar-refractivity contribution in [3.8, 4) is 5.75 Å². The van der Waals surface area contributed by atoms with Crippen molar-refractivity contribution in [3.05, 3.63) is 23.8 Å². The summed E-state index contributed by atoms with van der Waals surface area (Å²) in [5.41, 5.74) is 7.02. The minimum Gasteiger partial charge on any atom is -0.492 e. The van der Waals surface area contributed by atoms with Crippen LogP contribution in [0.3, 0.4) is 0 Å². The summed E-state index contributed by atoms with van der Waals surface area (Å²) in [7, 11) is 0. The molecule has 0 aliphatic heterocycles. The summed E-state index contributed by atoms with van der Waals surface area (Å²) in [4.78, 5) is 12.3. The number of anilines is 1. The largest absolute Gasteiger partial charge is 0.492 e. The molecule has 2 rings (SSSR count). The number of hydrogen-bond donors (Lipinski definition) is 2. The van der Waals surface area contributed by atoms with E-state index in [9.17, 15) is 4.79 Å². The van der Waals surface area contributed by atoms with Gasteiger partial charge in [0.1, 0.15) is 5.75 Å². The summed E-state index contributed by atoms with van der Waals surface area (Å²) in [5.74, 6) is 0.589. The van der Waals surface area contributed by atoms with E-state index in [1.807, 2.05) is 18.7 Å². The predicted molar refractivity (Wildman–Crippen MR) is 89.0 cm³/mol. The molecule has 3 N–H and O–H groups in total. The molecule has 1 aliphatic rings. The van der Waals surface area contributed by atoms with Crippen molar-refractivity contribution in [2.75, 3.05) is 18.6 Å². The second kappa shape index (κ2) is 7.59. The first-order valence-electron chi connectivity index (χ1n) is 7.50. The number of benzene rings is 1. The molecule has 0 radical (unpaired) electrons. The standard InChI is InChI=1S/C16H24N2O2S/c1-3-20-15-8-7-11(9-14(15)17)16(19)18-12-5-4-6-13(10-12)21-2/h7-9,12-13H,3-6,10,17H2,1-2H3,(H,18,19). The van der Waals surface area contributed by atoms with Crippen molar-refractivity contribution in [1.29, 1.82) is 0 Å². The number of nitrogens with one attached hydrogen (secondary N) is 1. The molecule has 0 saturated heterocycles. The number of nitrogens with two attached hydrogens (primary N) is 1. The Morgan fingerprint density at radius 3 is 2.95 bits per heavy atom. The van der Waals surface area contributed by atoms with Gasteiger partial charge >= 0.3 is 0 Å². The first-order chi connectivity index (χ1) is 10.1. The van der Waals surface area contributed by atoms with Crippen LogP contribution in [0.15, 0.2) is 18.2 Å². The van der Waals surface area contributed by atoms with E-state index in [0.717, 1.165) is 12.8 Å². The highest BCUT2D eigenvalue weighted by molar-refractivity contribution is 7.99. The second-order valence-electron chi connectivity index (χ2n) is 5.38. The van der Waals surface area contributed by atoms with Gasteiger partial charge in [-0.25, -0.2) is 0 Å². The second-order valence-corrected chi connectivity index (χ2v) is 6.52. The molecule has 1 aromatic carbocycles. The van der Waals surface area contributed by atoms with E-state index in [2.05, 4.69) is 11.6 Å². The topological polar surface area (TPSA) is 64.3 Å². The summed E-state index contributed by atoms with van der Waals surface area (Å²) >= 11 is 1.89. The third kappa shape index (κ3) is 4.30. The van der Waals surface area contributed by atoms with Crippen molar-refractivity contribution in [2.45, 2.75) is 43.9 Å². The molecule has 0 heterocycles. The summed E-state index contributed by atoms with van der Waals surface area (Å²) < 4.78 is 5.39. The molecule has 2 atom stereocenters. The fraction of sp³-hybridized carbons (Fsp3) is 0.562. The van der Waals surface area contributed by atoms with Crippen molar-refractivity contribution >= 4 is 23.4 Å². The van der Waals surface area contributed by atoms with Crippen LogP contribution < -0.4 is 15.8 Å². The lowest BCUT2D eigenvalue weighted by atomic mass is 9.94. The van der Waals surface area contributed by atoms with Gasteiger partial charge < -0.3 is 15.8 Å². The van der Waals surface area contributed by atoms with Gasteiger partial charge in [-0.15, -0.1) is 0 Å². The first-order valence-corrected chi connectivity index (χ1v) is 8.78. The number of carbonyl (C=O) groups is 1. The number of rotatable bonds is 5. The van der Waals surface area contributed by atoms with E-state index in [1.54, 1.807) is 18.2 Å². The molecule has 1 amide bonds. The third-order valence-corrected chi connectivity index (χ3v) is 4.96. The Labute approximate surface area is 130 Å². The summed E-state index contributed by atoms with van der Waals surface area (Å²) in [6.07, 6.45) is 6.70. The van der Waals surface area contributed by atoms with Crippen LogP contribution in [0.1, 0.15) is 43.0 Å². The molecule has 0 aromatic heterocycles. The molecule has 0 spiro atoms. The average molecular weight is 308 g/mol. The molecule has 2 unspecified atom stereocenters. The third-order valence-electron chi connectivity index (χ3n) is 3.87. The normalized spacial score (nSPS) is 21.8. The van der Waals surface area contributed by atoms with E-state index in [4.69, 9.17) is 10.5 Å².